The molecule has 38 heavy (non-hydrogen) atoms. The molecular formula is C22H21F7N4O4S. The second-order valence-electron chi connectivity index (χ2n) is 8.13. The molecule has 2 aromatic rings. The summed E-state index contributed by atoms with van der Waals surface area (Å²) < 4.78 is 123. The summed E-state index contributed by atoms with van der Waals surface area (Å²) >= 11 is 0. The number of pyridine rings is 1. The highest BCUT2D eigenvalue weighted by Crippen LogP contribution is 2.37. The first-order chi connectivity index (χ1) is 17.5. The second-order valence-corrected chi connectivity index (χ2v) is 9.88. The number of morpholine rings is 1. The number of hydrogen-bond acceptors (Lipinski definition) is 6. The summed E-state index contributed by atoms with van der Waals surface area (Å²) in [6.45, 7) is 0.480. The number of carbonyl (C=O) groups is 1. The third-order valence-corrected chi connectivity index (χ3v) is 5.71. The molecule has 0 radical (unpaired) electrons. The zero-order chi connectivity index (χ0) is 28.3. The molecule has 3 rings (SSSR count). The Kier molecular flexibility index (Phi) is 8.55. The third kappa shape index (κ3) is 7.80. The number of amides is 1. The van der Waals surface area contributed by atoms with Gasteiger partial charge in [0.2, 0.25) is 15.9 Å². The van der Waals surface area contributed by atoms with E-state index in [1.807, 2.05) is 0 Å². The zero-order valence-electron chi connectivity index (χ0n) is 19.6. The summed E-state index contributed by atoms with van der Waals surface area (Å²) in [5.74, 6) is -2.38. The first kappa shape index (κ1) is 29.2. The Balaban J connectivity index is 1.80. The number of benzene rings is 1. The molecule has 1 saturated heterocycles. The lowest BCUT2D eigenvalue weighted by Gasteiger charge is -2.29. The lowest BCUT2D eigenvalue weighted by atomic mass is 10.1. The second kappa shape index (κ2) is 11.1. The van der Waals surface area contributed by atoms with E-state index in [-0.39, 0.29) is 43.2 Å². The number of halogens is 7. The lowest BCUT2D eigenvalue weighted by Crippen LogP contribution is -2.37. The molecule has 1 fully saturated rings. The van der Waals surface area contributed by atoms with Gasteiger partial charge in [-0.2, -0.15) is 26.3 Å². The Hall–Kier alpha value is -3.40. The van der Waals surface area contributed by atoms with Gasteiger partial charge in [0, 0.05) is 31.3 Å². The van der Waals surface area contributed by atoms with E-state index >= 15 is 0 Å². The van der Waals surface area contributed by atoms with Gasteiger partial charge in [0.15, 0.2) is 0 Å². The van der Waals surface area contributed by atoms with Crippen LogP contribution in [0.5, 0.6) is 0 Å². The Morgan fingerprint density at radius 1 is 1.11 bits per heavy atom. The molecule has 1 aromatic heterocycles. The predicted octanol–water partition coefficient (Wildman–Crippen LogP) is 3.80. The number of ether oxygens (including phenoxy) is 1. The minimum absolute atomic E-state index is 0.0296. The van der Waals surface area contributed by atoms with Crippen LogP contribution in [0.25, 0.3) is 6.08 Å². The quantitative estimate of drug-likeness (QED) is 0.388. The summed E-state index contributed by atoms with van der Waals surface area (Å²) in [5, 5.41) is 2.25. The molecule has 16 heteroatoms. The number of anilines is 2. The van der Waals surface area contributed by atoms with Crippen LogP contribution in [0.3, 0.4) is 0 Å². The molecule has 0 atom stereocenters. The van der Waals surface area contributed by atoms with E-state index in [0.717, 1.165) is 18.2 Å². The first-order valence-corrected chi connectivity index (χ1v) is 12.7. The van der Waals surface area contributed by atoms with Crippen LogP contribution >= 0.6 is 0 Å². The van der Waals surface area contributed by atoms with Gasteiger partial charge in [-0.25, -0.2) is 17.8 Å². The molecule has 208 valence electrons. The highest BCUT2D eigenvalue weighted by atomic mass is 32.2. The normalized spacial score (nSPS) is 15.1. The van der Waals surface area contributed by atoms with Crippen molar-refractivity contribution in [2.24, 2.45) is 0 Å². The van der Waals surface area contributed by atoms with E-state index < -0.39 is 57.6 Å². The molecule has 2 heterocycles. The highest BCUT2D eigenvalue weighted by molar-refractivity contribution is 7.92. The van der Waals surface area contributed by atoms with Crippen molar-refractivity contribution in [2.75, 3.05) is 42.2 Å². The van der Waals surface area contributed by atoms with Crippen molar-refractivity contribution in [3.63, 3.8) is 0 Å². The number of sulfonamides is 1. The van der Waals surface area contributed by atoms with E-state index in [4.69, 9.17) is 4.74 Å². The summed E-state index contributed by atoms with van der Waals surface area (Å²) in [4.78, 5) is 17.5. The molecule has 0 unspecified atom stereocenters. The maximum Gasteiger partial charge on any atom is 0.433 e. The average Bonchev–Trinajstić information content (AvgIpc) is 2.81. The lowest BCUT2D eigenvalue weighted by molar-refractivity contribution is -0.141. The molecular weight excluding hydrogens is 549 g/mol. The van der Waals surface area contributed by atoms with Gasteiger partial charge < -0.3 is 15.0 Å². The molecule has 0 spiro atoms. The summed E-state index contributed by atoms with van der Waals surface area (Å²) in [6, 6.07) is 2.98. The van der Waals surface area contributed by atoms with E-state index in [9.17, 15) is 43.9 Å². The maximum atomic E-state index is 14.3. The Labute approximate surface area is 212 Å². The fraction of sp³-hybridized carbons (Fsp3) is 0.364. The topological polar surface area (TPSA) is 101 Å². The summed E-state index contributed by atoms with van der Waals surface area (Å²) in [6.07, 6.45) is -7.12. The van der Waals surface area contributed by atoms with E-state index in [1.54, 1.807) is 4.90 Å². The number of aromatic nitrogens is 1. The fourth-order valence-corrected chi connectivity index (χ4v) is 4.04. The maximum absolute atomic E-state index is 14.3. The van der Waals surface area contributed by atoms with Crippen LogP contribution < -0.4 is 14.9 Å². The van der Waals surface area contributed by atoms with Crippen LogP contribution in [-0.2, 0) is 38.5 Å². The van der Waals surface area contributed by atoms with Gasteiger partial charge in [0.05, 0.1) is 30.7 Å². The van der Waals surface area contributed by atoms with Crippen molar-refractivity contribution in [1.82, 2.24) is 10.3 Å². The average molecular weight is 570 g/mol. The Morgan fingerprint density at radius 3 is 2.34 bits per heavy atom. The van der Waals surface area contributed by atoms with Gasteiger partial charge in [0.25, 0.3) is 0 Å². The smallest absolute Gasteiger partial charge is 0.378 e. The summed E-state index contributed by atoms with van der Waals surface area (Å²) in [5.41, 5.74) is -4.14. The van der Waals surface area contributed by atoms with E-state index in [0.29, 0.717) is 18.4 Å². The fourth-order valence-electron chi connectivity index (χ4n) is 3.47. The van der Waals surface area contributed by atoms with Gasteiger partial charge in [-0.3, -0.25) is 9.52 Å². The molecule has 2 N–H and O–H groups in total. The van der Waals surface area contributed by atoms with Crippen molar-refractivity contribution in [1.29, 1.82) is 0 Å². The van der Waals surface area contributed by atoms with Gasteiger partial charge in [-0.1, -0.05) is 0 Å². The van der Waals surface area contributed by atoms with Gasteiger partial charge in [0.1, 0.15) is 17.3 Å². The SMILES string of the molecule is CS(=O)(=O)Nc1c(F)cc(CNC(=O)/C=C\c2ccc(C(F)(F)F)nc2N2CCOCC2)cc1C(F)(F)F. The molecule has 0 saturated carbocycles. The highest BCUT2D eigenvalue weighted by Gasteiger charge is 2.36. The van der Waals surface area contributed by atoms with E-state index in [2.05, 4.69) is 10.3 Å². The van der Waals surface area contributed by atoms with Gasteiger partial charge in [-0.15, -0.1) is 0 Å². The van der Waals surface area contributed by atoms with E-state index in [1.165, 1.54) is 10.8 Å². The van der Waals surface area contributed by atoms with Gasteiger partial charge >= 0.3 is 12.4 Å². The van der Waals surface area contributed by atoms with Crippen molar-refractivity contribution in [2.45, 2.75) is 18.9 Å². The largest absolute Gasteiger partial charge is 0.433 e. The molecule has 0 bridgehead atoms. The molecule has 1 amide bonds. The number of nitrogens with zero attached hydrogens (tertiary/aromatic N) is 2. The van der Waals surface area contributed by atoms with Crippen LogP contribution in [-0.4, -0.2) is 51.9 Å². The van der Waals surface area contributed by atoms with Crippen LogP contribution in [0.2, 0.25) is 0 Å². The first-order valence-electron chi connectivity index (χ1n) is 10.8. The monoisotopic (exact) mass is 570 g/mol. The van der Waals surface area contributed by atoms with Crippen molar-refractivity contribution in [3.8, 4) is 0 Å². The standard InChI is InChI=1S/C22H21F7N4O4S/c1-38(35,36)32-19-15(21(24,25)26)10-13(11-16(19)23)12-30-18(34)5-3-14-2-4-17(22(27,28)29)31-20(14)33-6-8-37-9-7-33/h2-5,10-11,32H,6-9,12H2,1H3,(H,30,34)/b5-3-. The molecule has 8 nitrogen and oxygen atoms in total. The minimum atomic E-state index is -5.11. The van der Waals surface area contributed by atoms with Crippen molar-refractivity contribution in [3.05, 3.63) is 58.5 Å². The number of carbonyl (C=O) groups excluding carboxylic acids is 1. The predicted molar refractivity (Wildman–Crippen MR) is 123 cm³/mol. The van der Waals surface area contributed by atoms with Gasteiger partial charge in [-0.05, 0) is 35.9 Å². The Morgan fingerprint density at radius 2 is 1.76 bits per heavy atom. The number of hydrogen-bond donors (Lipinski definition) is 2. The van der Waals surface area contributed by atoms with Crippen molar-refractivity contribution >= 4 is 33.5 Å². The molecule has 1 aliphatic rings. The zero-order valence-corrected chi connectivity index (χ0v) is 20.4. The van der Waals surface area contributed by atoms with Crippen LogP contribution in [0, 0.1) is 5.82 Å². The minimum Gasteiger partial charge on any atom is -0.378 e. The van der Waals surface area contributed by atoms with Crippen LogP contribution in [0.1, 0.15) is 22.4 Å². The third-order valence-electron chi connectivity index (χ3n) is 5.13. The number of nitrogens with one attached hydrogen (secondary N) is 2. The Bertz CT molecular complexity index is 1320. The molecule has 1 aromatic carbocycles. The number of alkyl halides is 6. The van der Waals surface area contributed by atoms with Crippen molar-refractivity contribution < 1.29 is 48.7 Å². The number of rotatable bonds is 7. The molecule has 0 aliphatic carbocycles. The van der Waals surface area contributed by atoms with Crippen LogP contribution in [0.15, 0.2) is 30.3 Å². The molecule has 1 aliphatic heterocycles. The van der Waals surface area contributed by atoms with Crippen LogP contribution in [0.4, 0.5) is 42.2 Å². The summed E-state index contributed by atoms with van der Waals surface area (Å²) in [7, 11) is -4.22.